The minimum Gasteiger partial charge on any atom is -0.261 e. The number of rotatable bonds is 1. The Morgan fingerprint density at radius 3 is 2.46 bits per heavy atom. The van der Waals surface area contributed by atoms with Crippen molar-refractivity contribution in [3.05, 3.63) is 35.5 Å². The van der Waals surface area contributed by atoms with Gasteiger partial charge >= 0.3 is 0 Å². The summed E-state index contributed by atoms with van der Waals surface area (Å²) in [6, 6.07) is 4.32. The first-order valence-electron chi connectivity index (χ1n) is 5.14. The van der Waals surface area contributed by atoms with E-state index in [4.69, 9.17) is 0 Å². The highest BCUT2D eigenvalue weighted by atomic mass is 14.7. The molecule has 0 spiro atoms. The predicted molar refractivity (Wildman–Crippen MR) is 54.4 cm³/mol. The summed E-state index contributed by atoms with van der Waals surface area (Å²) in [5.41, 5.74) is 2.48. The molecule has 1 heterocycles. The molecular formula is C12H16N. The van der Waals surface area contributed by atoms with E-state index in [0.29, 0.717) is 0 Å². The normalized spacial score (nSPS) is 18.8. The Kier molecular flexibility index (Phi) is 2.62. The van der Waals surface area contributed by atoms with Gasteiger partial charge in [-0.05, 0) is 31.4 Å². The van der Waals surface area contributed by atoms with Gasteiger partial charge in [0.15, 0.2) is 0 Å². The van der Waals surface area contributed by atoms with E-state index in [1.165, 1.54) is 37.7 Å². The number of aryl methyl sites for hydroxylation is 1. The van der Waals surface area contributed by atoms with Crippen molar-refractivity contribution in [2.45, 2.75) is 39.0 Å². The Hall–Kier alpha value is -0.850. The van der Waals surface area contributed by atoms with E-state index in [2.05, 4.69) is 17.1 Å². The fourth-order valence-corrected chi connectivity index (χ4v) is 1.94. The Morgan fingerprint density at radius 1 is 1.08 bits per heavy atom. The predicted octanol–water partition coefficient (Wildman–Crippen LogP) is 3.28. The van der Waals surface area contributed by atoms with Crippen LogP contribution < -0.4 is 0 Å². The standard InChI is InChI=1S/C12H16N/c1-10-7-8-12(9-13-10)11-5-3-2-4-6-11/h7-9H,2-6H2,1H3. The van der Waals surface area contributed by atoms with Crippen molar-refractivity contribution in [3.8, 4) is 0 Å². The van der Waals surface area contributed by atoms with Crippen molar-refractivity contribution < 1.29 is 0 Å². The number of hydrogen-bond acceptors (Lipinski definition) is 1. The molecule has 0 unspecified atom stereocenters. The summed E-state index contributed by atoms with van der Waals surface area (Å²) in [4.78, 5) is 4.33. The summed E-state index contributed by atoms with van der Waals surface area (Å²) in [7, 11) is 0. The molecule has 1 heteroatoms. The Labute approximate surface area is 80.2 Å². The van der Waals surface area contributed by atoms with Gasteiger partial charge in [0.25, 0.3) is 0 Å². The first-order valence-corrected chi connectivity index (χ1v) is 5.14. The fraction of sp³-hybridized carbons (Fsp3) is 0.500. The maximum atomic E-state index is 4.33. The van der Waals surface area contributed by atoms with Gasteiger partial charge in [0.05, 0.1) is 0 Å². The van der Waals surface area contributed by atoms with E-state index < -0.39 is 0 Å². The maximum Gasteiger partial charge on any atom is 0.0372 e. The highest BCUT2D eigenvalue weighted by Crippen LogP contribution is 2.30. The van der Waals surface area contributed by atoms with E-state index in [0.717, 1.165) is 5.69 Å². The molecule has 1 nitrogen and oxygen atoms in total. The highest BCUT2D eigenvalue weighted by Gasteiger charge is 2.15. The second-order valence-electron chi connectivity index (χ2n) is 3.85. The van der Waals surface area contributed by atoms with Gasteiger partial charge in [0, 0.05) is 17.8 Å². The van der Waals surface area contributed by atoms with Gasteiger partial charge in [-0.1, -0.05) is 25.3 Å². The summed E-state index contributed by atoms with van der Waals surface area (Å²) < 4.78 is 0. The van der Waals surface area contributed by atoms with Crippen LogP contribution in [0.4, 0.5) is 0 Å². The zero-order valence-electron chi connectivity index (χ0n) is 8.21. The lowest BCUT2D eigenvalue weighted by molar-refractivity contribution is 0.550. The van der Waals surface area contributed by atoms with Gasteiger partial charge in [-0.25, -0.2) is 0 Å². The fourth-order valence-electron chi connectivity index (χ4n) is 1.94. The molecule has 1 radical (unpaired) electrons. The molecule has 1 aliphatic carbocycles. The largest absolute Gasteiger partial charge is 0.261 e. The van der Waals surface area contributed by atoms with Crippen LogP contribution in [0.3, 0.4) is 0 Å². The molecule has 69 valence electrons. The second-order valence-corrected chi connectivity index (χ2v) is 3.85. The lowest BCUT2D eigenvalue weighted by atomic mass is 9.85. The van der Waals surface area contributed by atoms with Gasteiger partial charge in [0.2, 0.25) is 0 Å². The molecule has 0 aromatic carbocycles. The zero-order chi connectivity index (χ0) is 9.10. The van der Waals surface area contributed by atoms with Crippen molar-refractivity contribution in [2.75, 3.05) is 0 Å². The van der Waals surface area contributed by atoms with Crippen LogP contribution in [0.1, 0.15) is 43.4 Å². The third kappa shape index (κ3) is 2.09. The quantitative estimate of drug-likeness (QED) is 0.636. The Balaban J connectivity index is 2.10. The molecule has 1 aliphatic rings. The van der Waals surface area contributed by atoms with Gasteiger partial charge in [-0.2, -0.15) is 0 Å². The van der Waals surface area contributed by atoms with Crippen molar-refractivity contribution in [3.63, 3.8) is 0 Å². The van der Waals surface area contributed by atoms with E-state index in [9.17, 15) is 0 Å². The highest BCUT2D eigenvalue weighted by molar-refractivity contribution is 5.29. The third-order valence-electron chi connectivity index (χ3n) is 2.78. The van der Waals surface area contributed by atoms with Gasteiger partial charge < -0.3 is 0 Å². The Bertz CT molecular complexity index is 257. The molecule has 0 bridgehead atoms. The molecule has 0 saturated heterocycles. The maximum absolute atomic E-state index is 4.33. The first kappa shape index (κ1) is 8.74. The van der Waals surface area contributed by atoms with E-state index in [1.807, 2.05) is 13.1 Å². The van der Waals surface area contributed by atoms with Crippen LogP contribution in [-0.4, -0.2) is 4.98 Å². The lowest BCUT2D eigenvalue weighted by Crippen LogP contribution is -2.05. The number of pyridine rings is 1. The molecule has 1 saturated carbocycles. The summed E-state index contributed by atoms with van der Waals surface area (Å²) in [5, 5.41) is 0. The molecule has 0 aliphatic heterocycles. The summed E-state index contributed by atoms with van der Waals surface area (Å²) in [6.07, 6.45) is 8.72. The van der Waals surface area contributed by atoms with E-state index >= 15 is 0 Å². The van der Waals surface area contributed by atoms with Crippen LogP contribution >= 0.6 is 0 Å². The molecule has 1 aromatic rings. The SMILES string of the molecule is Cc1ccc([C]2CCCCC2)cn1. The van der Waals surface area contributed by atoms with E-state index in [-0.39, 0.29) is 0 Å². The van der Waals surface area contributed by atoms with Crippen molar-refractivity contribution in [1.29, 1.82) is 0 Å². The van der Waals surface area contributed by atoms with Gasteiger partial charge in [-0.3, -0.25) is 4.98 Å². The summed E-state index contributed by atoms with van der Waals surface area (Å²) >= 11 is 0. The molecule has 1 aromatic heterocycles. The van der Waals surface area contributed by atoms with E-state index in [1.54, 1.807) is 5.92 Å². The molecule has 0 N–H and O–H groups in total. The molecular weight excluding hydrogens is 158 g/mol. The number of aromatic nitrogens is 1. The van der Waals surface area contributed by atoms with Crippen LogP contribution in [0, 0.1) is 12.8 Å². The van der Waals surface area contributed by atoms with Crippen LogP contribution in [0.15, 0.2) is 18.3 Å². The average molecular weight is 174 g/mol. The molecule has 0 atom stereocenters. The minimum absolute atomic E-state index is 1.11. The monoisotopic (exact) mass is 174 g/mol. The summed E-state index contributed by atoms with van der Waals surface area (Å²) in [6.45, 7) is 2.04. The van der Waals surface area contributed by atoms with Crippen molar-refractivity contribution >= 4 is 0 Å². The van der Waals surface area contributed by atoms with Crippen LogP contribution in [0.5, 0.6) is 0 Å². The second kappa shape index (κ2) is 3.91. The molecule has 2 rings (SSSR count). The third-order valence-corrected chi connectivity index (χ3v) is 2.78. The van der Waals surface area contributed by atoms with Crippen molar-refractivity contribution in [2.24, 2.45) is 0 Å². The van der Waals surface area contributed by atoms with Crippen LogP contribution in [0.2, 0.25) is 0 Å². The Morgan fingerprint density at radius 2 is 1.85 bits per heavy atom. The number of nitrogens with zero attached hydrogens (tertiary/aromatic N) is 1. The smallest absolute Gasteiger partial charge is 0.0372 e. The molecule has 13 heavy (non-hydrogen) atoms. The lowest BCUT2D eigenvalue weighted by Gasteiger charge is -2.20. The van der Waals surface area contributed by atoms with Crippen LogP contribution in [-0.2, 0) is 0 Å². The van der Waals surface area contributed by atoms with Crippen molar-refractivity contribution in [1.82, 2.24) is 4.98 Å². The molecule has 1 fully saturated rings. The zero-order valence-corrected chi connectivity index (χ0v) is 8.21. The van der Waals surface area contributed by atoms with Crippen LogP contribution in [0.25, 0.3) is 0 Å². The minimum atomic E-state index is 1.11. The number of hydrogen-bond donors (Lipinski definition) is 0. The van der Waals surface area contributed by atoms with Gasteiger partial charge in [-0.15, -0.1) is 0 Å². The molecule has 0 amide bonds. The first-order chi connectivity index (χ1) is 6.36. The van der Waals surface area contributed by atoms with Gasteiger partial charge in [0.1, 0.15) is 0 Å². The average Bonchev–Trinajstić information content (AvgIpc) is 2.20. The summed E-state index contributed by atoms with van der Waals surface area (Å²) in [5.74, 6) is 1.61. The topological polar surface area (TPSA) is 12.9 Å².